The van der Waals surface area contributed by atoms with Gasteiger partial charge in [-0.2, -0.15) is 0 Å². The number of carbonyl (C=O) groups excluding carboxylic acids is 1. The Kier molecular flexibility index (Phi) is 8.16. The van der Waals surface area contributed by atoms with Gasteiger partial charge in [-0.25, -0.2) is 22.0 Å². The third-order valence-corrected chi connectivity index (χ3v) is 6.96. The topological polar surface area (TPSA) is 47.6 Å². The van der Waals surface area contributed by atoms with Crippen LogP contribution in [0.3, 0.4) is 0 Å². The van der Waals surface area contributed by atoms with Gasteiger partial charge in [0.1, 0.15) is 5.69 Å². The molecule has 1 heterocycles. The maximum absolute atomic E-state index is 14.2. The molecule has 4 aromatic rings. The Labute approximate surface area is 238 Å². The van der Waals surface area contributed by atoms with Crippen molar-refractivity contribution < 1.29 is 26.7 Å². The fraction of sp³-hybridized carbons (Fsp3) is 0.133. The van der Waals surface area contributed by atoms with Gasteiger partial charge in [0.25, 0.3) is 5.91 Å². The lowest BCUT2D eigenvalue weighted by atomic mass is 10.0. The van der Waals surface area contributed by atoms with Crippen LogP contribution in [-0.2, 0) is 0 Å². The number of hydrogen-bond acceptors (Lipinski definition) is 4. The molecule has 0 radical (unpaired) electrons. The molecule has 1 aliphatic heterocycles. The molecule has 5 nitrogen and oxygen atoms in total. The molecular weight excluding hydrogens is 559 g/mol. The van der Waals surface area contributed by atoms with E-state index in [-0.39, 0.29) is 24.1 Å². The van der Waals surface area contributed by atoms with Crippen molar-refractivity contribution in [3.63, 3.8) is 0 Å². The zero-order valence-corrected chi connectivity index (χ0v) is 22.3. The minimum atomic E-state index is -2.17. The largest absolute Gasteiger partial charge is 0.368 e. The van der Waals surface area contributed by atoms with E-state index in [0.29, 0.717) is 24.3 Å². The maximum atomic E-state index is 14.2. The lowest BCUT2D eigenvalue weighted by Crippen LogP contribution is -2.47. The zero-order valence-electron chi connectivity index (χ0n) is 21.4. The van der Waals surface area contributed by atoms with Crippen LogP contribution < -0.4 is 20.4 Å². The highest BCUT2D eigenvalue weighted by molar-refractivity contribution is 7.80. The predicted molar refractivity (Wildman–Crippen MR) is 153 cm³/mol. The van der Waals surface area contributed by atoms with E-state index in [1.807, 2.05) is 47.4 Å². The molecule has 0 bridgehead atoms. The number of nitrogens with zero attached hydrogens (tertiary/aromatic N) is 2. The van der Waals surface area contributed by atoms with E-state index in [4.69, 9.17) is 12.2 Å². The molecule has 1 saturated heterocycles. The molecule has 0 aliphatic carbocycles. The van der Waals surface area contributed by atoms with Crippen LogP contribution >= 0.6 is 12.2 Å². The number of thiocarbonyl (C=S) groups is 1. The van der Waals surface area contributed by atoms with Gasteiger partial charge >= 0.3 is 0 Å². The average Bonchev–Trinajstić information content (AvgIpc) is 3.00. The van der Waals surface area contributed by atoms with Crippen LogP contribution in [0, 0.1) is 29.1 Å². The fourth-order valence-electron chi connectivity index (χ4n) is 4.60. The number of rotatable bonds is 5. The molecule has 4 aromatic carbocycles. The van der Waals surface area contributed by atoms with Crippen molar-refractivity contribution in [1.82, 2.24) is 5.32 Å². The van der Waals surface area contributed by atoms with E-state index < -0.39 is 34.8 Å². The second-order valence-electron chi connectivity index (χ2n) is 9.29. The van der Waals surface area contributed by atoms with Crippen molar-refractivity contribution >= 4 is 40.3 Å². The Morgan fingerprint density at radius 1 is 0.634 bits per heavy atom. The summed E-state index contributed by atoms with van der Waals surface area (Å²) in [5.74, 6) is -10.1. The molecular formula is C30H23F5N4OS. The van der Waals surface area contributed by atoms with Crippen LogP contribution in [-0.4, -0.2) is 37.2 Å². The Morgan fingerprint density at radius 2 is 1.15 bits per heavy atom. The first kappa shape index (κ1) is 28.0. The summed E-state index contributed by atoms with van der Waals surface area (Å²) in [6.07, 6.45) is 0. The zero-order chi connectivity index (χ0) is 29.1. The summed E-state index contributed by atoms with van der Waals surface area (Å²) in [4.78, 5) is 15.7. The first-order valence-electron chi connectivity index (χ1n) is 12.6. The van der Waals surface area contributed by atoms with Crippen molar-refractivity contribution in [3.05, 3.63) is 114 Å². The summed E-state index contributed by atoms with van der Waals surface area (Å²) in [7, 11) is 0. The molecule has 41 heavy (non-hydrogen) atoms. The summed E-state index contributed by atoms with van der Waals surface area (Å²) < 4.78 is 69.0. The van der Waals surface area contributed by atoms with Crippen LogP contribution in [0.1, 0.15) is 10.4 Å². The highest BCUT2D eigenvalue weighted by atomic mass is 32.1. The smallest absolute Gasteiger partial charge is 0.257 e. The minimum absolute atomic E-state index is 0.0563. The van der Waals surface area contributed by atoms with E-state index in [1.54, 1.807) is 36.4 Å². The number of amides is 1. The fourth-order valence-corrected chi connectivity index (χ4v) is 4.81. The Hall–Kier alpha value is -4.51. The summed E-state index contributed by atoms with van der Waals surface area (Å²) in [6.45, 7) is 0.704. The highest BCUT2D eigenvalue weighted by Crippen LogP contribution is 2.31. The van der Waals surface area contributed by atoms with E-state index in [1.165, 1.54) is 0 Å². The van der Waals surface area contributed by atoms with Crippen molar-refractivity contribution in [2.24, 2.45) is 0 Å². The number of halogens is 5. The van der Waals surface area contributed by atoms with Gasteiger partial charge in [0.2, 0.25) is 5.82 Å². The molecule has 0 spiro atoms. The highest BCUT2D eigenvalue weighted by Gasteiger charge is 2.30. The van der Waals surface area contributed by atoms with Crippen LogP contribution in [0.5, 0.6) is 0 Å². The van der Waals surface area contributed by atoms with Crippen molar-refractivity contribution in [2.75, 3.05) is 41.3 Å². The van der Waals surface area contributed by atoms with Gasteiger partial charge in [0.05, 0.1) is 0 Å². The normalized spacial score (nSPS) is 13.2. The van der Waals surface area contributed by atoms with E-state index in [0.717, 1.165) is 21.7 Å². The first-order valence-corrected chi connectivity index (χ1v) is 13.0. The summed E-state index contributed by atoms with van der Waals surface area (Å²) in [6, 6.07) is 24.1. The number of nitrogens with one attached hydrogen (secondary N) is 2. The van der Waals surface area contributed by atoms with Crippen LogP contribution in [0.25, 0.3) is 11.1 Å². The molecule has 0 unspecified atom stereocenters. The van der Waals surface area contributed by atoms with E-state index >= 15 is 0 Å². The van der Waals surface area contributed by atoms with E-state index in [9.17, 15) is 26.7 Å². The second kappa shape index (κ2) is 11.9. The molecule has 11 heteroatoms. The number of benzene rings is 4. The van der Waals surface area contributed by atoms with Gasteiger partial charge in [0, 0.05) is 43.1 Å². The number of carbonyl (C=O) groups is 1. The van der Waals surface area contributed by atoms with Gasteiger partial charge in [-0.15, -0.1) is 0 Å². The Balaban J connectivity index is 1.15. The Bertz CT molecular complexity index is 1550. The SMILES string of the molecule is O=C(NC(=S)Nc1ccc(N2CCN(c3c(F)c(F)c(F)c(F)c3F)CC2)cc1)c1ccc(-c2ccccc2)cc1. The molecule has 1 aliphatic rings. The monoisotopic (exact) mass is 582 g/mol. The number of piperazine rings is 1. The summed E-state index contributed by atoms with van der Waals surface area (Å²) in [5.41, 5.74) is 2.99. The second-order valence-corrected chi connectivity index (χ2v) is 9.70. The maximum Gasteiger partial charge on any atom is 0.257 e. The van der Waals surface area contributed by atoms with Crippen molar-refractivity contribution in [1.29, 1.82) is 0 Å². The quantitative estimate of drug-likeness (QED) is 0.122. The lowest BCUT2D eigenvalue weighted by molar-refractivity contribution is 0.0977. The molecule has 1 amide bonds. The van der Waals surface area contributed by atoms with Crippen molar-refractivity contribution in [3.8, 4) is 11.1 Å². The molecule has 5 rings (SSSR count). The minimum Gasteiger partial charge on any atom is -0.368 e. The molecule has 210 valence electrons. The van der Waals surface area contributed by atoms with Gasteiger partial charge < -0.3 is 15.1 Å². The lowest BCUT2D eigenvalue weighted by Gasteiger charge is -2.37. The Morgan fingerprint density at radius 3 is 1.73 bits per heavy atom. The predicted octanol–water partition coefficient (Wildman–Crippen LogP) is 6.50. The third kappa shape index (κ3) is 5.99. The summed E-state index contributed by atoms with van der Waals surface area (Å²) >= 11 is 5.28. The van der Waals surface area contributed by atoms with Gasteiger partial charge in [-0.1, -0.05) is 42.5 Å². The van der Waals surface area contributed by atoms with Crippen LogP contribution in [0.4, 0.5) is 39.0 Å². The van der Waals surface area contributed by atoms with Crippen LogP contribution in [0.2, 0.25) is 0 Å². The molecule has 0 atom stereocenters. The standard InChI is InChI=1S/C30H23F5N4OS/c31-23-24(32)26(34)28(27(35)25(23)33)39-16-14-38(15-17-39)22-12-10-21(11-13-22)36-30(41)37-29(40)20-8-6-19(7-9-20)18-4-2-1-3-5-18/h1-13H,14-17H2,(H2,36,37,40,41). The molecule has 1 fully saturated rings. The summed E-state index contributed by atoms with van der Waals surface area (Å²) in [5, 5.41) is 5.72. The van der Waals surface area contributed by atoms with Crippen LogP contribution in [0.15, 0.2) is 78.9 Å². The van der Waals surface area contributed by atoms with Gasteiger partial charge in [0.15, 0.2) is 28.4 Å². The molecule has 2 N–H and O–H groups in total. The first-order chi connectivity index (χ1) is 19.7. The molecule has 0 aromatic heterocycles. The molecule has 0 saturated carbocycles. The number of anilines is 3. The number of hydrogen-bond donors (Lipinski definition) is 2. The van der Waals surface area contributed by atoms with Gasteiger partial charge in [-0.05, 0) is 59.7 Å². The van der Waals surface area contributed by atoms with E-state index in [2.05, 4.69) is 10.6 Å². The van der Waals surface area contributed by atoms with Gasteiger partial charge in [-0.3, -0.25) is 10.1 Å². The average molecular weight is 583 g/mol. The van der Waals surface area contributed by atoms with Crippen molar-refractivity contribution in [2.45, 2.75) is 0 Å². The third-order valence-electron chi connectivity index (χ3n) is 6.75.